The molecule has 2 rings (SSSR count). The summed E-state index contributed by atoms with van der Waals surface area (Å²) < 4.78 is 10.7. The van der Waals surface area contributed by atoms with Gasteiger partial charge < -0.3 is 30.4 Å². The molecule has 0 aromatic heterocycles. The van der Waals surface area contributed by atoms with Crippen molar-refractivity contribution in [1.82, 2.24) is 10.2 Å². The maximum absolute atomic E-state index is 11.3. The van der Waals surface area contributed by atoms with Crippen LogP contribution in [0.2, 0.25) is 0 Å². The molecule has 0 atom stereocenters. The molecule has 2 N–H and O–H groups in total. The van der Waals surface area contributed by atoms with Crippen molar-refractivity contribution in [1.29, 1.82) is 0 Å². The van der Waals surface area contributed by atoms with E-state index in [2.05, 4.69) is 5.32 Å². The Morgan fingerprint density at radius 3 is 2.95 bits per heavy atom. The lowest BCUT2D eigenvalue weighted by Crippen LogP contribution is -2.31. The second-order valence-corrected chi connectivity index (χ2v) is 4.04. The van der Waals surface area contributed by atoms with E-state index >= 15 is 0 Å². The average molecular weight is 266 g/mol. The van der Waals surface area contributed by atoms with Gasteiger partial charge in [0.15, 0.2) is 11.5 Å². The van der Waals surface area contributed by atoms with Crippen LogP contribution in [0.25, 0.3) is 0 Å². The number of carbonyl (C=O) groups is 1. The van der Waals surface area contributed by atoms with Crippen molar-refractivity contribution in [2.45, 2.75) is 0 Å². The molecule has 0 radical (unpaired) electrons. The Morgan fingerprint density at radius 2 is 2.32 bits per heavy atom. The second kappa shape index (κ2) is 6.14. The van der Waals surface area contributed by atoms with E-state index in [0.29, 0.717) is 43.4 Å². The van der Waals surface area contributed by atoms with Crippen molar-refractivity contribution in [2.24, 2.45) is 0 Å². The van der Waals surface area contributed by atoms with E-state index in [-0.39, 0.29) is 6.03 Å². The van der Waals surface area contributed by atoms with Crippen LogP contribution < -0.4 is 20.3 Å². The van der Waals surface area contributed by atoms with Crippen LogP contribution >= 0.6 is 0 Å². The number of hydrogen-bond acceptors (Lipinski definition) is 5. The first kappa shape index (κ1) is 13.3. The first-order valence-electron chi connectivity index (χ1n) is 5.96. The second-order valence-electron chi connectivity index (χ2n) is 4.04. The Kier molecular flexibility index (Phi) is 4.30. The van der Waals surface area contributed by atoms with E-state index in [1.165, 1.54) is 7.11 Å². The van der Waals surface area contributed by atoms with Gasteiger partial charge in [0.05, 0.1) is 13.7 Å². The average Bonchev–Trinajstić information content (AvgIpc) is 2.84. The molecule has 19 heavy (non-hydrogen) atoms. The molecule has 1 aromatic carbocycles. The highest BCUT2D eigenvalue weighted by Gasteiger charge is 2.18. The number of carbonyl (C=O) groups excluding carboxylic acids is 1. The smallest absolute Gasteiger partial charge is 0.317 e. The Morgan fingerprint density at radius 1 is 1.47 bits per heavy atom. The summed E-state index contributed by atoms with van der Waals surface area (Å²) >= 11 is 0. The highest BCUT2D eigenvalue weighted by atomic mass is 16.5. The SMILES string of the molecule is COc1cc(N[O-])ccc1OCCN1CCNC1=O. The van der Waals surface area contributed by atoms with Gasteiger partial charge in [-0.05, 0) is 12.1 Å². The van der Waals surface area contributed by atoms with E-state index in [9.17, 15) is 10.0 Å². The van der Waals surface area contributed by atoms with E-state index in [4.69, 9.17) is 9.47 Å². The lowest BCUT2D eigenvalue weighted by Gasteiger charge is -2.17. The molecule has 0 bridgehead atoms. The minimum Gasteiger partial charge on any atom is -0.761 e. The molecule has 0 spiro atoms. The molecule has 0 aliphatic carbocycles. The quantitative estimate of drug-likeness (QED) is 0.750. The monoisotopic (exact) mass is 266 g/mol. The maximum Gasteiger partial charge on any atom is 0.317 e. The third kappa shape index (κ3) is 3.19. The number of nitrogens with one attached hydrogen (secondary N) is 2. The van der Waals surface area contributed by atoms with Gasteiger partial charge in [0.2, 0.25) is 0 Å². The summed E-state index contributed by atoms with van der Waals surface area (Å²) in [6.45, 7) is 2.24. The van der Waals surface area contributed by atoms with E-state index in [1.807, 2.05) is 0 Å². The summed E-state index contributed by atoms with van der Waals surface area (Å²) in [7, 11) is 1.50. The predicted octanol–water partition coefficient (Wildman–Crippen LogP) is 1.01. The summed E-state index contributed by atoms with van der Waals surface area (Å²) in [5.74, 6) is 1.02. The predicted molar refractivity (Wildman–Crippen MR) is 70.5 cm³/mol. The summed E-state index contributed by atoms with van der Waals surface area (Å²) in [5.41, 5.74) is 2.19. The molecule has 0 saturated carbocycles. The van der Waals surface area contributed by atoms with Crippen molar-refractivity contribution < 1.29 is 14.3 Å². The van der Waals surface area contributed by atoms with Crippen molar-refractivity contribution in [2.75, 3.05) is 38.8 Å². The van der Waals surface area contributed by atoms with Crippen molar-refractivity contribution in [3.63, 3.8) is 0 Å². The van der Waals surface area contributed by atoms with E-state index in [1.54, 1.807) is 28.6 Å². The zero-order chi connectivity index (χ0) is 13.7. The van der Waals surface area contributed by atoms with Crippen LogP contribution in [0.3, 0.4) is 0 Å². The Bertz CT molecular complexity index is 453. The number of urea groups is 1. The first-order valence-corrected chi connectivity index (χ1v) is 5.96. The molecule has 2 amide bonds. The molecule has 7 heteroatoms. The summed E-state index contributed by atoms with van der Waals surface area (Å²) in [6, 6.07) is 4.75. The molecular weight excluding hydrogens is 250 g/mol. The lowest BCUT2D eigenvalue weighted by molar-refractivity contribution is 0.201. The molecule has 7 nitrogen and oxygen atoms in total. The van der Waals surface area contributed by atoms with Crippen LogP contribution in [0.1, 0.15) is 0 Å². The largest absolute Gasteiger partial charge is 0.761 e. The van der Waals surface area contributed by atoms with Crippen LogP contribution in [0, 0.1) is 5.21 Å². The number of anilines is 1. The van der Waals surface area contributed by atoms with Crippen molar-refractivity contribution >= 4 is 11.7 Å². The number of amides is 2. The normalized spacial score (nSPS) is 14.2. The standard InChI is InChI=1S/C12H16N3O4/c1-18-11-8-9(14-17)2-3-10(11)19-7-6-15-5-4-13-12(15)16/h2-3,8,14H,4-7H2,1H3,(H,13,16)/q-1. The molecule has 1 aliphatic rings. The molecule has 0 unspecified atom stereocenters. The Balaban J connectivity index is 1.90. The molecule has 1 fully saturated rings. The van der Waals surface area contributed by atoms with Crippen LogP contribution in [0.4, 0.5) is 10.5 Å². The van der Waals surface area contributed by atoms with Gasteiger partial charge in [0.25, 0.3) is 0 Å². The Hall–Kier alpha value is -2.15. The minimum atomic E-state index is -0.0681. The number of ether oxygens (including phenoxy) is 2. The van der Waals surface area contributed by atoms with E-state index in [0.717, 1.165) is 0 Å². The molecule has 1 aromatic rings. The van der Waals surface area contributed by atoms with Crippen LogP contribution in [0.15, 0.2) is 18.2 Å². The van der Waals surface area contributed by atoms with Crippen LogP contribution in [0.5, 0.6) is 11.5 Å². The van der Waals surface area contributed by atoms with Gasteiger partial charge in [-0.25, -0.2) is 4.79 Å². The van der Waals surface area contributed by atoms with Crippen molar-refractivity contribution in [3.8, 4) is 11.5 Å². The number of hydrogen-bond donors (Lipinski definition) is 2. The third-order valence-electron chi connectivity index (χ3n) is 2.85. The highest BCUT2D eigenvalue weighted by Crippen LogP contribution is 2.29. The molecule has 1 saturated heterocycles. The topological polar surface area (TPSA) is 85.9 Å². The maximum atomic E-state index is 11.3. The number of rotatable bonds is 6. The summed E-state index contributed by atoms with van der Waals surface area (Å²) in [4.78, 5) is 13.0. The van der Waals surface area contributed by atoms with Crippen LogP contribution in [-0.4, -0.2) is 44.3 Å². The van der Waals surface area contributed by atoms with Gasteiger partial charge in [0.1, 0.15) is 6.61 Å². The van der Waals surface area contributed by atoms with Crippen molar-refractivity contribution in [3.05, 3.63) is 23.4 Å². The molecule has 1 heterocycles. The molecule has 1 aliphatic heterocycles. The van der Waals surface area contributed by atoms with E-state index < -0.39 is 0 Å². The Labute approximate surface area is 111 Å². The van der Waals surface area contributed by atoms with Gasteiger partial charge in [-0.2, -0.15) is 0 Å². The fraction of sp³-hybridized carbons (Fsp3) is 0.417. The fourth-order valence-electron chi connectivity index (χ4n) is 1.84. The fourth-order valence-corrected chi connectivity index (χ4v) is 1.84. The first-order chi connectivity index (χ1) is 9.24. The van der Waals surface area contributed by atoms with Gasteiger partial charge in [-0.3, -0.25) is 0 Å². The van der Waals surface area contributed by atoms with Gasteiger partial charge in [-0.1, -0.05) is 0 Å². The number of nitrogens with zero attached hydrogens (tertiary/aromatic N) is 1. The number of methoxy groups -OCH3 is 1. The van der Waals surface area contributed by atoms with Crippen LogP contribution in [-0.2, 0) is 0 Å². The van der Waals surface area contributed by atoms with Gasteiger partial charge in [0, 0.05) is 24.8 Å². The van der Waals surface area contributed by atoms with Gasteiger partial charge >= 0.3 is 6.03 Å². The zero-order valence-electron chi connectivity index (χ0n) is 10.6. The summed E-state index contributed by atoms with van der Waals surface area (Å²) in [6.07, 6.45) is 0. The van der Waals surface area contributed by atoms with Gasteiger partial charge in [-0.15, -0.1) is 0 Å². The third-order valence-corrected chi connectivity index (χ3v) is 2.85. The lowest BCUT2D eigenvalue weighted by atomic mass is 10.3. The highest BCUT2D eigenvalue weighted by molar-refractivity contribution is 5.76. The summed E-state index contributed by atoms with van der Waals surface area (Å²) in [5, 5.41) is 13.3. The number of benzene rings is 1. The molecular formula is C12H16N3O4-. The molecule has 104 valence electrons. The zero-order valence-corrected chi connectivity index (χ0v) is 10.6. The minimum absolute atomic E-state index is 0.0681.